The summed E-state index contributed by atoms with van der Waals surface area (Å²) in [4.78, 5) is 15.7. The van der Waals surface area contributed by atoms with Gasteiger partial charge in [0.2, 0.25) is 0 Å². The first-order chi connectivity index (χ1) is 9.15. The number of nitrogens with zero attached hydrogens (tertiary/aromatic N) is 1. The Bertz CT molecular complexity index is 622. The third-order valence-electron chi connectivity index (χ3n) is 3.77. The van der Waals surface area contributed by atoms with Crippen LogP contribution in [0.4, 0.5) is 0 Å². The number of benzene rings is 1. The summed E-state index contributed by atoms with van der Waals surface area (Å²) in [7, 11) is 0. The van der Waals surface area contributed by atoms with Crippen molar-refractivity contribution in [2.75, 3.05) is 0 Å². The van der Waals surface area contributed by atoms with Crippen LogP contribution >= 0.6 is 11.6 Å². The lowest BCUT2D eigenvalue weighted by molar-refractivity contribution is -0.143. The van der Waals surface area contributed by atoms with Crippen LogP contribution in [0.25, 0.3) is 11.1 Å². The van der Waals surface area contributed by atoms with Crippen molar-refractivity contribution in [3.05, 3.63) is 29.1 Å². The second kappa shape index (κ2) is 4.85. The molecule has 1 aliphatic carbocycles. The SMILES string of the molecule is O=C(O)C1CCCCC1c1nc2cc(Cl)ccc2o1. The van der Waals surface area contributed by atoms with Crippen molar-refractivity contribution in [1.82, 2.24) is 4.98 Å². The molecule has 0 spiro atoms. The average Bonchev–Trinajstić information content (AvgIpc) is 2.81. The van der Waals surface area contributed by atoms with Crippen molar-refractivity contribution in [2.45, 2.75) is 31.6 Å². The van der Waals surface area contributed by atoms with Gasteiger partial charge in [0, 0.05) is 10.9 Å². The summed E-state index contributed by atoms with van der Waals surface area (Å²) < 4.78 is 5.71. The molecule has 3 rings (SSSR count). The highest BCUT2D eigenvalue weighted by molar-refractivity contribution is 6.31. The van der Waals surface area contributed by atoms with Crippen LogP contribution in [-0.2, 0) is 4.79 Å². The van der Waals surface area contributed by atoms with Gasteiger partial charge in [-0.1, -0.05) is 24.4 Å². The molecule has 1 N–H and O–H groups in total. The molecule has 4 nitrogen and oxygen atoms in total. The zero-order valence-corrected chi connectivity index (χ0v) is 11.1. The van der Waals surface area contributed by atoms with Gasteiger partial charge < -0.3 is 9.52 Å². The van der Waals surface area contributed by atoms with Crippen LogP contribution in [0.15, 0.2) is 22.6 Å². The molecule has 0 amide bonds. The second-order valence-electron chi connectivity index (χ2n) is 5.00. The molecule has 0 radical (unpaired) electrons. The van der Waals surface area contributed by atoms with Crippen molar-refractivity contribution in [1.29, 1.82) is 0 Å². The first-order valence-electron chi connectivity index (χ1n) is 6.44. The molecule has 1 fully saturated rings. The Morgan fingerprint density at radius 2 is 2.16 bits per heavy atom. The Hall–Kier alpha value is -1.55. The molecule has 2 aromatic rings. The van der Waals surface area contributed by atoms with E-state index in [1.54, 1.807) is 18.2 Å². The lowest BCUT2D eigenvalue weighted by Crippen LogP contribution is -2.25. The van der Waals surface area contributed by atoms with Gasteiger partial charge in [-0.05, 0) is 31.0 Å². The van der Waals surface area contributed by atoms with E-state index in [2.05, 4.69) is 4.98 Å². The van der Waals surface area contributed by atoms with E-state index in [1.165, 1.54) is 0 Å². The van der Waals surface area contributed by atoms with E-state index in [1.807, 2.05) is 0 Å². The number of aliphatic carboxylic acids is 1. The number of hydrogen-bond acceptors (Lipinski definition) is 3. The van der Waals surface area contributed by atoms with Crippen molar-refractivity contribution in [2.24, 2.45) is 5.92 Å². The number of carboxylic acids is 1. The number of aromatic nitrogens is 1. The highest BCUT2D eigenvalue weighted by Crippen LogP contribution is 2.38. The molecule has 0 aliphatic heterocycles. The zero-order valence-electron chi connectivity index (χ0n) is 10.3. The molecule has 1 aliphatic rings. The van der Waals surface area contributed by atoms with Crippen LogP contribution < -0.4 is 0 Å². The number of carboxylic acid groups (broad SMARTS) is 1. The second-order valence-corrected chi connectivity index (χ2v) is 5.44. The smallest absolute Gasteiger partial charge is 0.307 e. The van der Waals surface area contributed by atoms with Crippen LogP contribution in [0.3, 0.4) is 0 Å². The summed E-state index contributed by atoms with van der Waals surface area (Å²) >= 11 is 5.92. The zero-order chi connectivity index (χ0) is 13.4. The minimum absolute atomic E-state index is 0.127. The average molecular weight is 280 g/mol. The van der Waals surface area contributed by atoms with E-state index in [9.17, 15) is 9.90 Å². The number of carbonyl (C=O) groups is 1. The number of rotatable bonds is 2. The molecule has 2 atom stereocenters. The fourth-order valence-corrected chi connectivity index (χ4v) is 2.97. The molecule has 1 aromatic heterocycles. The minimum Gasteiger partial charge on any atom is -0.481 e. The van der Waals surface area contributed by atoms with Gasteiger partial charge in [0.25, 0.3) is 0 Å². The van der Waals surface area contributed by atoms with Gasteiger partial charge in [-0.25, -0.2) is 4.98 Å². The van der Waals surface area contributed by atoms with Crippen LogP contribution in [-0.4, -0.2) is 16.1 Å². The molecule has 19 heavy (non-hydrogen) atoms. The van der Waals surface area contributed by atoms with Gasteiger partial charge >= 0.3 is 5.97 Å². The van der Waals surface area contributed by atoms with Crippen LogP contribution in [0, 0.1) is 5.92 Å². The first kappa shape index (κ1) is 12.5. The van der Waals surface area contributed by atoms with Crippen LogP contribution in [0.5, 0.6) is 0 Å². The molecular weight excluding hydrogens is 266 g/mol. The Balaban J connectivity index is 1.99. The molecule has 5 heteroatoms. The number of fused-ring (bicyclic) bond motifs is 1. The maximum atomic E-state index is 11.3. The standard InChI is InChI=1S/C14H14ClNO3/c15-8-5-6-12-11(7-8)16-13(19-12)9-3-1-2-4-10(9)14(17)18/h5-7,9-10H,1-4H2,(H,17,18). The first-order valence-corrected chi connectivity index (χ1v) is 6.82. The Kier molecular flexibility index (Phi) is 3.19. The van der Waals surface area contributed by atoms with Crippen molar-refractivity contribution in [3.63, 3.8) is 0 Å². The van der Waals surface area contributed by atoms with Gasteiger partial charge in [-0.3, -0.25) is 4.79 Å². The van der Waals surface area contributed by atoms with Crippen molar-refractivity contribution < 1.29 is 14.3 Å². The highest BCUT2D eigenvalue weighted by Gasteiger charge is 2.35. The molecule has 2 unspecified atom stereocenters. The normalized spacial score (nSPS) is 23.6. The fourth-order valence-electron chi connectivity index (χ4n) is 2.80. The predicted octanol–water partition coefficient (Wildman–Crippen LogP) is 3.84. The van der Waals surface area contributed by atoms with Gasteiger partial charge in [-0.2, -0.15) is 0 Å². The molecule has 1 saturated carbocycles. The third-order valence-corrected chi connectivity index (χ3v) is 4.00. The highest BCUT2D eigenvalue weighted by atomic mass is 35.5. The monoisotopic (exact) mass is 279 g/mol. The van der Waals surface area contributed by atoms with Gasteiger partial charge in [0.15, 0.2) is 11.5 Å². The predicted molar refractivity (Wildman–Crippen MR) is 71.4 cm³/mol. The summed E-state index contributed by atoms with van der Waals surface area (Å²) in [6.45, 7) is 0. The summed E-state index contributed by atoms with van der Waals surface area (Å²) in [5.74, 6) is -0.746. The van der Waals surface area contributed by atoms with Gasteiger partial charge in [-0.15, -0.1) is 0 Å². The third kappa shape index (κ3) is 2.32. The summed E-state index contributed by atoms with van der Waals surface area (Å²) in [5, 5.41) is 9.90. The molecule has 0 saturated heterocycles. The largest absolute Gasteiger partial charge is 0.481 e. The van der Waals surface area contributed by atoms with E-state index < -0.39 is 11.9 Å². The quantitative estimate of drug-likeness (QED) is 0.907. The van der Waals surface area contributed by atoms with Gasteiger partial charge in [0.05, 0.1) is 5.92 Å². The van der Waals surface area contributed by atoms with E-state index in [4.69, 9.17) is 16.0 Å². The van der Waals surface area contributed by atoms with Gasteiger partial charge in [0.1, 0.15) is 5.52 Å². The van der Waals surface area contributed by atoms with Crippen LogP contribution in [0.2, 0.25) is 5.02 Å². The van der Waals surface area contributed by atoms with Crippen molar-refractivity contribution >= 4 is 28.7 Å². The Morgan fingerprint density at radius 1 is 1.37 bits per heavy atom. The lowest BCUT2D eigenvalue weighted by atomic mass is 9.79. The number of oxazole rings is 1. The maximum absolute atomic E-state index is 11.3. The van der Waals surface area contributed by atoms with Crippen molar-refractivity contribution in [3.8, 4) is 0 Å². The summed E-state index contributed by atoms with van der Waals surface area (Å²) in [6, 6.07) is 5.25. The maximum Gasteiger partial charge on any atom is 0.307 e. The minimum atomic E-state index is -0.759. The van der Waals surface area contributed by atoms with E-state index in [0.29, 0.717) is 28.4 Å². The lowest BCUT2D eigenvalue weighted by Gasteiger charge is -2.25. The molecular formula is C14H14ClNO3. The molecule has 0 bridgehead atoms. The molecule has 1 aromatic carbocycles. The topological polar surface area (TPSA) is 63.3 Å². The number of hydrogen-bond donors (Lipinski definition) is 1. The van der Waals surface area contributed by atoms with E-state index in [-0.39, 0.29) is 5.92 Å². The molecule has 100 valence electrons. The number of halogens is 1. The Labute approximate surface area is 115 Å². The molecule has 1 heterocycles. The Morgan fingerprint density at radius 3 is 2.95 bits per heavy atom. The summed E-state index contributed by atoms with van der Waals surface area (Å²) in [6.07, 6.45) is 3.49. The van der Waals surface area contributed by atoms with E-state index in [0.717, 1.165) is 19.3 Å². The van der Waals surface area contributed by atoms with Crippen LogP contribution in [0.1, 0.15) is 37.5 Å². The summed E-state index contributed by atoms with van der Waals surface area (Å²) in [5.41, 5.74) is 1.35. The fraction of sp³-hybridized carbons (Fsp3) is 0.429. The van der Waals surface area contributed by atoms with E-state index >= 15 is 0 Å².